The molecule has 1 aromatic rings. The van der Waals surface area contributed by atoms with Crippen LogP contribution in [0.3, 0.4) is 0 Å². The van der Waals surface area contributed by atoms with Crippen LogP contribution in [0.15, 0.2) is 18.2 Å². The van der Waals surface area contributed by atoms with Crippen molar-refractivity contribution in [2.75, 3.05) is 6.54 Å². The van der Waals surface area contributed by atoms with Crippen molar-refractivity contribution in [2.45, 2.75) is 52.4 Å². The number of hydrogen-bond acceptors (Lipinski definition) is 1. The highest BCUT2D eigenvalue weighted by molar-refractivity contribution is 5.35. The second kappa shape index (κ2) is 6.05. The highest BCUT2D eigenvalue weighted by Gasteiger charge is 2.09. The van der Waals surface area contributed by atoms with E-state index >= 15 is 0 Å². The molecule has 0 spiro atoms. The van der Waals surface area contributed by atoms with Crippen molar-refractivity contribution in [3.8, 4) is 0 Å². The maximum absolute atomic E-state index is 5.58. The van der Waals surface area contributed by atoms with Gasteiger partial charge in [0.15, 0.2) is 0 Å². The molecule has 16 heavy (non-hydrogen) atoms. The van der Waals surface area contributed by atoms with Gasteiger partial charge in [0, 0.05) is 0 Å². The van der Waals surface area contributed by atoms with Crippen LogP contribution in [0, 0.1) is 0 Å². The van der Waals surface area contributed by atoms with Crippen LogP contribution in [0.2, 0.25) is 0 Å². The van der Waals surface area contributed by atoms with Crippen molar-refractivity contribution < 1.29 is 0 Å². The van der Waals surface area contributed by atoms with Crippen LogP contribution in [0.4, 0.5) is 0 Å². The van der Waals surface area contributed by atoms with E-state index in [1.54, 1.807) is 0 Å². The molecule has 1 rings (SSSR count). The first-order valence-corrected chi connectivity index (χ1v) is 6.39. The van der Waals surface area contributed by atoms with Gasteiger partial charge in [0.1, 0.15) is 0 Å². The topological polar surface area (TPSA) is 26.0 Å². The summed E-state index contributed by atoms with van der Waals surface area (Å²) in [5.74, 6) is 1.22. The van der Waals surface area contributed by atoms with Gasteiger partial charge in [-0.3, -0.25) is 0 Å². The highest BCUT2D eigenvalue weighted by atomic mass is 14.5. The van der Waals surface area contributed by atoms with Crippen molar-refractivity contribution in [2.24, 2.45) is 5.73 Å². The second-order valence-electron chi connectivity index (χ2n) is 5.16. The molecular weight excluding hydrogens is 194 g/mol. The number of nitrogens with two attached hydrogens (primary N) is 1. The summed E-state index contributed by atoms with van der Waals surface area (Å²) in [7, 11) is 0. The normalized spacial score (nSPS) is 11.4. The van der Waals surface area contributed by atoms with E-state index in [1.807, 2.05) is 0 Å². The van der Waals surface area contributed by atoms with Crippen LogP contribution in [0.25, 0.3) is 0 Å². The summed E-state index contributed by atoms with van der Waals surface area (Å²) in [6.07, 6.45) is 2.20. The molecule has 0 atom stereocenters. The summed E-state index contributed by atoms with van der Waals surface area (Å²) < 4.78 is 0. The van der Waals surface area contributed by atoms with E-state index in [0.717, 1.165) is 19.4 Å². The smallest absolute Gasteiger partial charge is 0.00741 e. The number of aryl methyl sites for hydroxylation is 1. The van der Waals surface area contributed by atoms with E-state index in [9.17, 15) is 0 Å². The van der Waals surface area contributed by atoms with Crippen LogP contribution in [0.5, 0.6) is 0 Å². The molecule has 2 N–H and O–H groups in total. The largest absolute Gasteiger partial charge is 0.330 e. The van der Waals surface area contributed by atoms with Crippen LogP contribution >= 0.6 is 0 Å². The summed E-state index contributed by atoms with van der Waals surface area (Å²) in [6.45, 7) is 9.82. The molecule has 0 amide bonds. The summed E-state index contributed by atoms with van der Waals surface area (Å²) in [4.78, 5) is 0. The lowest BCUT2D eigenvalue weighted by atomic mass is 9.90. The zero-order chi connectivity index (χ0) is 12.1. The maximum Gasteiger partial charge on any atom is -0.00741 e. The monoisotopic (exact) mass is 219 g/mol. The van der Waals surface area contributed by atoms with Crippen LogP contribution in [0.1, 0.15) is 62.6 Å². The minimum absolute atomic E-state index is 0.603. The lowest BCUT2D eigenvalue weighted by Crippen LogP contribution is -2.04. The summed E-state index contributed by atoms with van der Waals surface area (Å²) in [6, 6.07) is 6.93. The van der Waals surface area contributed by atoms with E-state index < -0.39 is 0 Å². The van der Waals surface area contributed by atoms with Crippen molar-refractivity contribution >= 4 is 0 Å². The van der Waals surface area contributed by atoms with Gasteiger partial charge in [-0.1, -0.05) is 45.9 Å². The van der Waals surface area contributed by atoms with Gasteiger partial charge in [0.05, 0.1) is 0 Å². The minimum atomic E-state index is 0.603. The van der Waals surface area contributed by atoms with Gasteiger partial charge in [-0.15, -0.1) is 0 Å². The molecule has 0 bridgehead atoms. The first kappa shape index (κ1) is 13.2. The molecule has 0 aliphatic rings. The molecule has 1 heteroatoms. The van der Waals surface area contributed by atoms with Gasteiger partial charge in [-0.25, -0.2) is 0 Å². The fraction of sp³-hybridized carbons (Fsp3) is 0.600. The molecule has 0 aromatic heterocycles. The summed E-state index contributed by atoms with van der Waals surface area (Å²) in [5, 5.41) is 0. The number of rotatable bonds is 5. The van der Waals surface area contributed by atoms with Gasteiger partial charge in [-0.2, -0.15) is 0 Å². The van der Waals surface area contributed by atoms with Crippen molar-refractivity contribution in [1.82, 2.24) is 0 Å². The van der Waals surface area contributed by atoms with E-state index in [1.165, 1.54) is 16.7 Å². The molecule has 90 valence electrons. The Bertz CT molecular complexity index is 326. The molecule has 0 radical (unpaired) electrons. The SMILES string of the molecule is CC(C)c1ccc(CCCN)c(C(C)C)c1. The van der Waals surface area contributed by atoms with Crippen LogP contribution in [-0.4, -0.2) is 6.54 Å². The lowest BCUT2D eigenvalue weighted by molar-refractivity contribution is 0.781. The Hall–Kier alpha value is -0.820. The van der Waals surface area contributed by atoms with Crippen molar-refractivity contribution in [3.63, 3.8) is 0 Å². The molecule has 1 nitrogen and oxygen atoms in total. The van der Waals surface area contributed by atoms with Crippen LogP contribution < -0.4 is 5.73 Å². The fourth-order valence-electron chi connectivity index (χ4n) is 2.03. The standard InChI is InChI=1S/C15H25N/c1-11(2)14-8-7-13(6-5-9-16)15(10-14)12(3)4/h7-8,10-12H,5-6,9,16H2,1-4H3. The number of hydrogen-bond donors (Lipinski definition) is 1. The summed E-state index contributed by atoms with van der Waals surface area (Å²) in [5.41, 5.74) is 10.0. The highest BCUT2D eigenvalue weighted by Crippen LogP contribution is 2.25. The first-order valence-electron chi connectivity index (χ1n) is 6.39. The van der Waals surface area contributed by atoms with Gasteiger partial charge in [-0.05, 0) is 47.9 Å². The third-order valence-corrected chi connectivity index (χ3v) is 3.11. The van der Waals surface area contributed by atoms with Gasteiger partial charge < -0.3 is 5.73 Å². The van der Waals surface area contributed by atoms with Crippen molar-refractivity contribution in [3.05, 3.63) is 34.9 Å². The summed E-state index contributed by atoms with van der Waals surface area (Å²) >= 11 is 0. The van der Waals surface area contributed by atoms with Gasteiger partial charge >= 0.3 is 0 Å². The molecular formula is C15H25N. The average Bonchev–Trinajstić information content (AvgIpc) is 2.25. The third-order valence-electron chi connectivity index (χ3n) is 3.11. The van der Waals surface area contributed by atoms with E-state index in [4.69, 9.17) is 5.73 Å². The minimum Gasteiger partial charge on any atom is -0.330 e. The fourth-order valence-corrected chi connectivity index (χ4v) is 2.03. The molecule has 0 aliphatic carbocycles. The predicted molar refractivity (Wildman–Crippen MR) is 72.0 cm³/mol. The Morgan fingerprint density at radius 2 is 1.75 bits per heavy atom. The zero-order valence-electron chi connectivity index (χ0n) is 11.1. The Labute approximate surface area is 100 Å². The molecule has 0 unspecified atom stereocenters. The molecule has 0 fully saturated rings. The Balaban J connectivity index is 2.99. The number of benzene rings is 1. The predicted octanol–water partition coefficient (Wildman–Crippen LogP) is 3.82. The van der Waals surface area contributed by atoms with E-state index in [0.29, 0.717) is 11.8 Å². The Morgan fingerprint density at radius 3 is 2.25 bits per heavy atom. The molecule has 0 aliphatic heterocycles. The van der Waals surface area contributed by atoms with E-state index in [2.05, 4.69) is 45.9 Å². The Morgan fingerprint density at radius 1 is 1.06 bits per heavy atom. The Kier molecular flexibility index (Phi) is 5.01. The van der Waals surface area contributed by atoms with Gasteiger partial charge in [0.25, 0.3) is 0 Å². The second-order valence-corrected chi connectivity index (χ2v) is 5.16. The first-order chi connectivity index (χ1) is 7.56. The lowest BCUT2D eigenvalue weighted by Gasteiger charge is -2.16. The quantitative estimate of drug-likeness (QED) is 0.800. The molecule has 1 aromatic carbocycles. The maximum atomic E-state index is 5.58. The average molecular weight is 219 g/mol. The molecule has 0 saturated carbocycles. The van der Waals surface area contributed by atoms with Gasteiger partial charge in [0.2, 0.25) is 0 Å². The van der Waals surface area contributed by atoms with Crippen molar-refractivity contribution in [1.29, 1.82) is 0 Å². The molecule has 0 heterocycles. The molecule has 0 saturated heterocycles. The third kappa shape index (κ3) is 3.34. The zero-order valence-corrected chi connectivity index (χ0v) is 11.1. The van der Waals surface area contributed by atoms with E-state index in [-0.39, 0.29) is 0 Å². The van der Waals surface area contributed by atoms with Crippen LogP contribution in [-0.2, 0) is 6.42 Å².